The highest BCUT2D eigenvalue weighted by Crippen LogP contribution is 2.29. The average Bonchev–Trinajstić information content (AvgIpc) is 2.78. The van der Waals surface area contributed by atoms with E-state index in [9.17, 15) is 4.79 Å². The number of anilines is 1. The monoisotopic (exact) mass is 304 g/mol. The summed E-state index contributed by atoms with van der Waals surface area (Å²) in [6, 6.07) is 5.82. The van der Waals surface area contributed by atoms with Gasteiger partial charge in [0.1, 0.15) is 0 Å². The number of ether oxygens (including phenoxy) is 1. The number of carbonyl (C=O) groups excluding carboxylic acids is 1. The number of nitrogens with zero attached hydrogens (tertiary/aromatic N) is 1. The molecule has 0 saturated carbocycles. The van der Waals surface area contributed by atoms with E-state index in [1.54, 1.807) is 11.3 Å². The minimum absolute atomic E-state index is 0.0855. The first-order valence-corrected chi connectivity index (χ1v) is 7.63. The molecule has 4 nitrogen and oxygen atoms in total. The molecule has 2 aromatic rings. The Morgan fingerprint density at radius 2 is 2.05 bits per heavy atom. The molecular formula is C16H20N2O2S. The fourth-order valence-corrected chi connectivity index (χ4v) is 3.24. The van der Waals surface area contributed by atoms with Crippen molar-refractivity contribution in [3.05, 3.63) is 44.9 Å². The summed E-state index contributed by atoms with van der Waals surface area (Å²) in [6.45, 7) is 8.03. The number of carbonyl (C=O) groups is 1. The maximum atomic E-state index is 11.9. The van der Waals surface area contributed by atoms with Gasteiger partial charge in [-0.1, -0.05) is 11.6 Å². The van der Waals surface area contributed by atoms with Gasteiger partial charge in [-0.25, -0.2) is 9.78 Å². The van der Waals surface area contributed by atoms with Crippen LogP contribution in [0.25, 0.3) is 0 Å². The standard InChI is InChI=1S/C16H20N2O2S/c1-9-6-7-14(13(8-9)16(19)20-5)18-11(3)15-10(2)17-12(4)21-15/h6-8,11,18H,1-5H3. The first kappa shape index (κ1) is 15.5. The van der Waals surface area contributed by atoms with Gasteiger partial charge in [0.25, 0.3) is 0 Å². The van der Waals surface area contributed by atoms with E-state index in [1.807, 2.05) is 39.0 Å². The lowest BCUT2D eigenvalue weighted by atomic mass is 10.1. The Kier molecular flexibility index (Phi) is 4.63. The van der Waals surface area contributed by atoms with Crippen LogP contribution in [0.3, 0.4) is 0 Å². The molecule has 21 heavy (non-hydrogen) atoms. The molecule has 0 aliphatic carbocycles. The number of aromatic nitrogens is 1. The molecule has 1 aromatic heterocycles. The van der Waals surface area contributed by atoms with Gasteiger partial charge in [-0.3, -0.25) is 0 Å². The summed E-state index contributed by atoms with van der Waals surface area (Å²) in [4.78, 5) is 17.5. The van der Waals surface area contributed by atoms with Gasteiger partial charge in [0, 0.05) is 10.6 Å². The molecule has 1 aromatic carbocycles. The van der Waals surface area contributed by atoms with E-state index in [2.05, 4.69) is 17.2 Å². The van der Waals surface area contributed by atoms with E-state index < -0.39 is 0 Å². The Balaban J connectivity index is 2.31. The zero-order valence-electron chi connectivity index (χ0n) is 13.0. The molecule has 0 radical (unpaired) electrons. The summed E-state index contributed by atoms with van der Waals surface area (Å²) >= 11 is 1.68. The highest BCUT2D eigenvalue weighted by atomic mass is 32.1. The van der Waals surface area contributed by atoms with Crippen LogP contribution in [0.5, 0.6) is 0 Å². The summed E-state index contributed by atoms with van der Waals surface area (Å²) in [5.41, 5.74) is 3.40. The molecule has 1 N–H and O–H groups in total. The third-order valence-electron chi connectivity index (χ3n) is 3.29. The van der Waals surface area contributed by atoms with Gasteiger partial charge in [0.15, 0.2) is 0 Å². The van der Waals surface area contributed by atoms with Gasteiger partial charge >= 0.3 is 5.97 Å². The molecule has 0 amide bonds. The largest absolute Gasteiger partial charge is 0.465 e. The minimum Gasteiger partial charge on any atom is -0.465 e. The van der Waals surface area contributed by atoms with Crippen LogP contribution in [0.15, 0.2) is 18.2 Å². The highest BCUT2D eigenvalue weighted by Gasteiger charge is 2.17. The van der Waals surface area contributed by atoms with Crippen molar-refractivity contribution >= 4 is 23.0 Å². The quantitative estimate of drug-likeness (QED) is 0.867. The van der Waals surface area contributed by atoms with Crippen LogP contribution in [0.1, 0.15) is 44.5 Å². The fourth-order valence-electron chi connectivity index (χ4n) is 2.31. The second-order valence-corrected chi connectivity index (χ2v) is 6.32. The van der Waals surface area contributed by atoms with Crippen molar-refractivity contribution in [3.8, 4) is 0 Å². The molecule has 1 unspecified atom stereocenters. The second kappa shape index (κ2) is 6.26. The zero-order chi connectivity index (χ0) is 15.6. The van der Waals surface area contributed by atoms with Crippen molar-refractivity contribution in [3.63, 3.8) is 0 Å². The molecule has 0 bridgehead atoms. The van der Waals surface area contributed by atoms with E-state index in [-0.39, 0.29) is 12.0 Å². The number of hydrogen-bond donors (Lipinski definition) is 1. The van der Waals surface area contributed by atoms with Gasteiger partial charge in [0.05, 0.1) is 29.4 Å². The molecule has 1 atom stereocenters. The van der Waals surface area contributed by atoms with Gasteiger partial charge in [0.2, 0.25) is 0 Å². The van der Waals surface area contributed by atoms with E-state index in [0.717, 1.165) is 22.0 Å². The molecule has 112 valence electrons. The van der Waals surface area contributed by atoms with Crippen LogP contribution < -0.4 is 5.32 Å². The van der Waals surface area contributed by atoms with Crippen LogP contribution in [0.2, 0.25) is 0 Å². The second-order valence-electron chi connectivity index (χ2n) is 5.09. The number of hydrogen-bond acceptors (Lipinski definition) is 5. The van der Waals surface area contributed by atoms with Crippen LogP contribution >= 0.6 is 11.3 Å². The lowest BCUT2D eigenvalue weighted by molar-refractivity contribution is 0.0601. The molecule has 0 fully saturated rings. The van der Waals surface area contributed by atoms with Gasteiger partial charge in [-0.15, -0.1) is 11.3 Å². The number of aryl methyl sites for hydroxylation is 3. The number of benzene rings is 1. The van der Waals surface area contributed by atoms with Crippen molar-refractivity contribution in [2.24, 2.45) is 0 Å². The van der Waals surface area contributed by atoms with E-state index in [1.165, 1.54) is 12.0 Å². The molecule has 0 aliphatic heterocycles. The Hall–Kier alpha value is -1.88. The summed E-state index contributed by atoms with van der Waals surface area (Å²) in [6.07, 6.45) is 0. The fraction of sp³-hybridized carbons (Fsp3) is 0.375. The van der Waals surface area contributed by atoms with Crippen molar-refractivity contribution in [1.82, 2.24) is 4.98 Å². The Labute approximate surface area is 129 Å². The molecular weight excluding hydrogens is 284 g/mol. The molecule has 2 rings (SSSR count). The first-order chi connectivity index (χ1) is 9.92. The Morgan fingerprint density at radius 1 is 1.33 bits per heavy atom. The lowest BCUT2D eigenvalue weighted by Gasteiger charge is -2.17. The molecule has 0 spiro atoms. The maximum Gasteiger partial charge on any atom is 0.339 e. The smallest absolute Gasteiger partial charge is 0.339 e. The predicted octanol–water partition coefficient (Wildman–Crippen LogP) is 4.03. The number of methoxy groups -OCH3 is 1. The Morgan fingerprint density at radius 3 is 2.62 bits per heavy atom. The highest BCUT2D eigenvalue weighted by molar-refractivity contribution is 7.11. The van der Waals surface area contributed by atoms with E-state index in [4.69, 9.17) is 4.74 Å². The van der Waals surface area contributed by atoms with Crippen molar-refractivity contribution in [2.45, 2.75) is 33.7 Å². The maximum absolute atomic E-state index is 11.9. The number of rotatable bonds is 4. The summed E-state index contributed by atoms with van der Waals surface area (Å²) in [7, 11) is 1.40. The SMILES string of the molecule is COC(=O)c1cc(C)ccc1NC(C)c1sc(C)nc1C. The topological polar surface area (TPSA) is 51.2 Å². The third-order valence-corrected chi connectivity index (χ3v) is 4.54. The van der Waals surface area contributed by atoms with Crippen molar-refractivity contribution in [2.75, 3.05) is 12.4 Å². The van der Waals surface area contributed by atoms with Gasteiger partial charge < -0.3 is 10.1 Å². The van der Waals surface area contributed by atoms with Gasteiger partial charge in [-0.2, -0.15) is 0 Å². The number of nitrogens with one attached hydrogen (secondary N) is 1. The first-order valence-electron chi connectivity index (χ1n) is 6.81. The zero-order valence-corrected chi connectivity index (χ0v) is 13.8. The number of esters is 1. The minimum atomic E-state index is -0.328. The van der Waals surface area contributed by atoms with Crippen molar-refractivity contribution in [1.29, 1.82) is 0 Å². The van der Waals surface area contributed by atoms with E-state index >= 15 is 0 Å². The average molecular weight is 304 g/mol. The Bertz CT molecular complexity index is 664. The third kappa shape index (κ3) is 3.42. The molecule has 0 aliphatic rings. The molecule has 0 saturated heterocycles. The van der Waals surface area contributed by atoms with Crippen LogP contribution in [0, 0.1) is 20.8 Å². The summed E-state index contributed by atoms with van der Waals surface area (Å²) < 4.78 is 4.86. The molecule has 5 heteroatoms. The van der Waals surface area contributed by atoms with Crippen molar-refractivity contribution < 1.29 is 9.53 Å². The lowest BCUT2D eigenvalue weighted by Crippen LogP contribution is -2.12. The van der Waals surface area contributed by atoms with E-state index in [0.29, 0.717) is 5.56 Å². The molecule has 1 heterocycles. The number of thiazole rings is 1. The van der Waals surface area contributed by atoms with Crippen LogP contribution in [-0.2, 0) is 4.74 Å². The predicted molar refractivity (Wildman–Crippen MR) is 86.1 cm³/mol. The van der Waals surface area contributed by atoms with Gasteiger partial charge in [-0.05, 0) is 39.8 Å². The summed E-state index contributed by atoms with van der Waals surface area (Å²) in [5, 5.41) is 4.44. The normalized spacial score (nSPS) is 12.0. The van der Waals surface area contributed by atoms with Crippen LogP contribution in [-0.4, -0.2) is 18.1 Å². The summed E-state index contributed by atoms with van der Waals surface area (Å²) in [5.74, 6) is -0.328. The van der Waals surface area contributed by atoms with Crippen LogP contribution in [0.4, 0.5) is 5.69 Å².